The summed E-state index contributed by atoms with van der Waals surface area (Å²) in [5, 5.41) is 5.31. The summed E-state index contributed by atoms with van der Waals surface area (Å²) in [5.74, 6) is -0.347. The average Bonchev–Trinajstić information content (AvgIpc) is 3.27. The number of nitrogens with one attached hydrogen (secondary N) is 1. The standard InChI is InChI=1S/C27H23NO3S2/c1-2-31-27(30)25-23(21-15-13-20(14-16-21)19-9-5-3-6-10-19)17-33-26(25)28-24(29)18-32-22-11-7-4-8-12-22/h3-17H,2,18H2,1H3,(H,28,29). The van der Waals surface area contributed by atoms with E-state index in [2.05, 4.69) is 17.4 Å². The highest BCUT2D eigenvalue weighted by molar-refractivity contribution is 8.00. The molecule has 0 unspecified atom stereocenters. The predicted octanol–water partition coefficient (Wildman–Crippen LogP) is 6.99. The topological polar surface area (TPSA) is 55.4 Å². The lowest BCUT2D eigenvalue weighted by Crippen LogP contribution is -2.16. The number of hydrogen-bond donors (Lipinski definition) is 1. The average molecular weight is 474 g/mol. The lowest BCUT2D eigenvalue weighted by Gasteiger charge is -2.09. The summed E-state index contributed by atoms with van der Waals surface area (Å²) in [6.07, 6.45) is 0. The lowest BCUT2D eigenvalue weighted by atomic mass is 9.99. The van der Waals surface area contributed by atoms with Crippen LogP contribution in [0.1, 0.15) is 17.3 Å². The molecule has 0 atom stereocenters. The monoisotopic (exact) mass is 473 g/mol. The van der Waals surface area contributed by atoms with Crippen molar-refractivity contribution in [3.05, 3.63) is 95.9 Å². The summed E-state index contributed by atoms with van der Waals surface area (Å²) in [5.41, 5.74) is 4.27. The molecule has 1 heterocycles. The molecule has 6 heteroatoms. The van der Waals surface area contributed by atoms with Crippen molar-refractivity contribution in [2.45, 2.75) is 11.8 Å². The van der Waals surface area contributed by atoms with Gasteiger partial charge in [-0.1, -0.05) is 72.8 Å². The smallest absolute Gasteiger partial charge is 0.341 e. The van der Waals surface area contributed by atoms with Crippen LogP contribution in [0.25, 0.3) is 22.3 Å². The molecule has 0 aliphatic carbocycles. The second-order valence-electron chi connectivity index (χ2n) is 7.17. The van der Waals surface area contributed by atoms with E-state index in [0.717, 1.165) is 27.1 Å². The van der Waals surface area contributed by atoms with Crippen LogP contribution in [0, 0.1) is 0 Å². The van der Waals surface area contributed by atoms with Crippen molar-refractivity contribution in [1.82, 2.24) is 0 Å². The highest BCUT2D eigenvalue weighted by atomic mass is 32.2. The summed E-state index contributed by atoms with van der Waals surface area (Å²) in [7, 11) is 0. The van der Waals surface area contributed by atoms with Crippen molar-refractivity contribution < 1.29 is 14.3 Å². The molecule has 0 bridgehead atoms. The van der Waals surface area contributed by atoms with Gasteiger partial charge in [0.1, 0.15) is 10.6 Å². The van der Waals surface area contributed by atoms with Gasteiger partial charge in [-0.05, 0) is 35.7 Å². The van der Waals surface area contributed by atoms with Crippen LogP contribution in [-0.2, 0) is 9.53 Å². The normalized spacial score (nSPS) is 10.6. The van der Waals surface area contributed by atoms with Gasteiger partial charge < -0.3 is 10.1 Å². The van der Waals surface area contributed by atoms with Crippen molar-refractivity contribution in [2.75, 3.05) is 17.7 Å². The maximum atomic E-state index is 12.8. The van der Waals surface area contributed by atoms with Crippen LogP contribution < -0.4 is 5.32 Å². The van der Waals surface area contributed by atoms with E-state index in [1.54, 1.807) is 6.92 Å². The van der Waals surface area contributed by atoms with Crippen molar-refractivity contribution in [1.29, 1.82) is 0 Å². The van der Waals surface area contributed by atoms with Gasteiger partial charge in [0.25, 0.3) is 0 Å². The van der Waals surface area contributed by atoms with Gasteiger partial charge in [0.2, 0.25) is 5.91 Å². The van der Waals surface area contributed by atoms with Gasteiger partial charge in [0.15, 0.2) is 0 Å². The number of carbonyl (C=O) groups excluding carboxylic acids is 2. The van der Waals surface area contributed by atoms with Crippen LogP contribution in [0.15, 0.2) is 95.2 Å². The fourth-order valence-corrected chi connectivity index (χ4v) is 5.06. The van der Waals surface area contributed by atoms with Crippen molar-refractivity contribution >= 4 is 40.0 Å². The molecule has 33 heavy (non-hydrogen) atoms. The number of ether oxygens (including phenoxy) is 1. The molecular formula is C27H23NO3S2. The molecule has 0 saturated heterocycles. The number of carbonyl (C=O) groups is 2. The summed E-state index contributed by atoms with van der Waals surface area (Å²) in [4.78, 5) is 26.4. The van der Waals surface area contributed by atoms with E-state index < -0.39 is 5.97 Å². The van der Waals surface area contributed by atoms with Gasteiger partial charge in [-0.3, -0.25) is 4.79 Å². The van der Waals surface area contributed by atoms with E-state index in [9.17, 15) is 9.59 Å². The van der Waals surface area contributed by atoms with Crippen molar-refractivity contribution in [3.63, 3.8) is 0 Å². The maximum Gasteiger partial charge on any atom is 0.341 e. The van der Waals surface area contributed by atoms with Gasteiger partial charge in [-0.25, -0.2) is 4.79 Å². The highest BCUT2D eigenvalue weighted by Gasteiger charge is 2.23. The molecule has 1 aromatic heterocycles. The quantitative estimate of drug-likeness (QED) is 0.221. The Bertz CT molecular complexity index is 1220. The Kier molecular flexibility index (Phi) is 7.60. The predicted molar refractivity (Wildman–Crippen MR) is 137 cm³/mol. The minimum atomic E-state index is -0.438. The van der Waals surface area contributed by atoms with E-state index in [-0.39, 0.29) is 18.3 Å². The largest absolute Gasteiger partial charge is 0.462 e. The molecule has 0 saturated carbocycles. The molecule has 1 N–H and O–H groups in total. The molecule has 0 aliphatic rings. The molecule has 3 aromatic carbocycles. The number of anilines is 1. The SMILES string of the molecule is CCOC(=O)c1c(-c2ccc(-c3ccccc3)cc2)csc1NC(=O)CSc1ccccc1. The Morgan fingerprint density at radius 3 is 2.12 bits per heavy atom. The number of benzene rings is 3. The number of thiophene rings is 1. The zero-order valence-electron chi connectivity index (χ0n) is 18.1. The van der Waals surface area contributed by atoms with Crippen LogP contribution in [0.4, 0.5) is 5.00 Å². The molecule has 1 amide bonds. The zero-order chi connectivity index (χ0) is 23.0. The minimum Gasteiger partial charge on any atom is -0.462 e. The maximum absolute atomic E-state index is 12.8. The Morgan fingerprint density at radius 2 is 1.45 bits per heavy atom. The third-order valence-corrected chi connectivity index (χ3v) is 6.85. The summed E-state index contributed by atoms with van der Waals surface area (Å²) < 4.78 is 5.30. The molecule has 4 rings (SSSR count). The number of esters is 1. The Balaban J connectivity index is 1.56. The first kappa shape index (κ1) is 22.8. The first-order valence-corrected chi connectivity index (χ1v) is 12.4. The minimum absolute atomic E-state index is 0.165. The Morgan fingerprint density at radius 1 is 0.848 bits per heavy atom. The first-order valence-electron chi connectivity index (χ1n) is 10.6. The third-order valence-electron chi connectivity index (χ3n) is 4.94. The van der Waals surface area contributed by atoms with E-state index in [0.29, 0.717) is 10.6 Å². The van der Waals surface area contributed by atoms with Gasteiger partial charge >= 0.3 is 5.97 Å². The van der Waals surface area contributed by atoms with E-state index in [1.165, 1.54) is 23.1 Å². The molecule has 4 nitrogen and oxygen atoms in total. The van der Waals surface area contributed by atoms with Gasteiger partial charge in [0, 0.05) is 15.8 Å². The number of rotatable bonds is 8. The zero-order valence-corrected chi connectivity index (χ0v) is 19.7. The van der Waals surface area contributed by atoms with Crippen LogP contribution in [0.2, 0.25) is 0 Å². The van der Waals surface area contributed by atoms with Crippen LogP contribution >= 0.6 is 23.1 Å². The Hall–Kier alpha value is -3.35. The number of amides is 1. The molecule has 0 radical (unpaired) electrons. The summed E-state index contributed by atoms with van der Waals surface area (Å²) in [6, 6.07) is 27.9. The lowest BCUT2D eigenvalue weighted by molar-refractivity contribution is -0.113. The van der Waals surface area contributed by atoms with Crippen LogP contribution in [0.3, 0.4) is 0 Å². The van der Waals surface area contributed by atoms with E-state index in [1.807, 2.05) is 78.2 Å². The first-order chi connectivity index (χ1) is 16.2. The molecule has 4 aromatic rings. The van der Waals surface area contributed by atoms with Gasteiger partial charge in [-0.15, -0.1) is 23.1 Å². The van der Waals surface area contributed by atoms with Gasteiger partial charge in [-0.2, -0.15) is 0 Å². The van der Waals surface area contributed by atoms with Crippen LogP contribution in [0.5, 0.6) is 0 Å². The molecular weight excluding hydrogens is 450 g/mol. The number of thioether (sulfide) groups is 1. The number of hydrogen-bond acceptors (Lipinski definition) is 5. The van der Waals surface area contributed by atoms with Crippen molar-refractivity contribution in [2.24, 2.45) is 0 Å². The van der Waals surface area contributed by atoms with Crippen LogP contribution in [-0.4, -0.2) is 24.2 Å². The fourth-order valence-electron chi connectivity index (χ4n) is 3.37. The fraction of sp³-hybridized carbons (Fsp3) is 0.111. The van der Waals surface area contributed by atoms with Gasteiger partial charge in [0.05, 0.1) is 12.4 Å². The third kappa shape index (κ3) is 5.72. The second kappa shape index (κ2) is 11.0. The summed E-state index contributed by atoms with van der Waals surface area (Å²) >= 11 is 2.79. The molecule has 0 fully saturated rings. The molecule has 0 spiro atoms. The van der Waals surface area contributed by atoms with E-state index >= 15 is 0 Å². The molecule has 0 aliphatic heterocycles. The highest BCUT2D eigenvalue weighted by Crippen LogP contribution is 2.37. The van der Waals surface area contributed by atoms with E-state index in [4.69, 9.17) is 4.74 Å². The van der Waals surface area contributed by atoms with Crippen molar-refractivity contribution in [3.8, 4) is 22.3 Å². The Labute approximate surface area is 201 Å². The molecule has 166 valence electrons. The second-order valence-corrected chi connectivity index (χ2v) is 9.10. The summed E-state index contributed by atoms with van der Waals surface area (Å²) in [6.45, 7) is 2.03.